The van der Waals surface area contributed by atoms with E-state index in [4.69, 9.17) is 9.47 Å². The minimum absolute atomic E-state index is 0.0682. The number of hydrogen-bond acceptors (Lipinski definition) is 6. The molecule has 300 valence electrons. The van der Waals surface area contributed by atoms with Crippen LogP contribution in [-0.2, 0) is 37.8 Å². The Hall–Kier alpha value is -4.29. The minimum Gasteiger partial charge on any atom is -0.497 e. The van der Waals surface area contributed by atoms with Crippen LogP contribution in [0.2, 0.25) is 18.6 Å². The van der Waals surface area contributed by atoms with E-state index in [-0.39, 0.29) is 48.8 Å². The number of halogens is 1. The summed E-state index contributed by atoms with van der Waals surface area (Å²) in [4.78, 5) is 48.5. The van der Waals surface area contributed by atoms with Crippen molar-refractivity contribution in [2.24, 2.45) is 5.92 Å². The fourth-order valence-electron chi connectivity index (χ4n) is 9.60. The van der Waals surface area contributed by atoms with Gasteiger partial charge in [0.25, 0.3) is 5.91 Å². The third kappa shape index (κ3) is 8.08. The molecule has 0 bridgehead atoms. The van der Waals surface area contributed by atoms with Gasteiger partial charge in [-0.1, -0.05) is 109 Å². The number of carbonyl (C=O) groups excluding carboxylic acids is 3. The van der Waals surface area contributed by atoms with Gasteiger partial charge in [0.05, 0.1) is 46.5 Å². The summed E-state index contributed by atoms with van der Waals surface area (Å²) in [5.74, 6) is 0.340. The number of hydrogen-bond donors (Lipinski definition) is 1. The summed E-state index contributed by atoms with van der Waals surface area (Å²) in [7, 11) is -0.863. The summed E-state index contributed by atoms with van der Waals surface area (Å²) in [5, 5.41) is 11.2. The monoisotopic (exact) mass is 851 g/mol. The topological polar surface area (TPSA) is 99.6 Å². The van der Waals surface area contributed by atoms with Gasteiger partial charge in [-0.05, 0) is 72.0 Å². The maximum absolute atomic E-state index is 15.4. The summed E-state index contributed by atoms with van der Waals surface area (Å²) in [6, 6.07) is 31.9. The lowest BCUT2D eigenvalue weighted by Crippen LogP contribution is -2.52. The van der Waals surface area contributed by atoms with Gasteiger partial charge >= 0.3 is 0 Å². The fraction of sp³-hybridized carbons (Fsp3) is 0.413. The Labute approximate surface area is 346 Å². The molecule has 4 aromatic rings. The molecule has 7 rings (SSSR count). The van der Waals surface area contributed by atoms with Crippen molar-refractivity contribution in [1.29, 1.82) is 0 Å². The van der Waals surface area contributed by atoms with Crippen molar-refractivity contribution in [3.8, 4) is 5.75 Å². The number of carbonyl (C=O) groups is 3. The predicted molar refractivity (Wildman–Crippen MR) is 230 cm³/mol. The average Bonchev–Trinajstić information content (AvgIpc) is 3.62. The molecule has 3 amide bonds. The Morgan fingerprint density at radius 2 is 1.68 bits per heavy atom. The fourth-order valence-corrected chi connectivity index (χ4v) is 14.0. The number of amides is 3. The summed E-state index contributed by atoms with van der Waals surface area (Å²) >= 11 is 3.71. The molecule has 4 atom stereocenters. The Morgan fingerprint density at radius 3 is 2.42 bits per heavy atom. The van der Waals surface area contributed by atoms with Crippen molar-refractivity contribution in [1.82, 2.24) is 4.90 Å². The Kier molecular flexibility index (Phi) is 12.4. The first kappa shape index (κ1) is 40.9. The second-order valence-electron chi connectivity index (χ2n) is 16.3. The smallest absolute Gasteiger partial charge is 0.264 e. The van der Waals surface area contributed by atoms with Gasteiger partial charge < -0.3 is 29.3 Å². The van der Waals surface area contributed by atoms with Crippen LogP contribution in [0, 0.1) is 5.92 Å². The molecule has 0 aromatic heterocycles. The third-order valence-corrected chi connectivity index (χ3v) is 17.4. The van der Waals surface area contributed by atoms with Gasteiger partial charge in [0, 0.05) is 47.7 Å². The van der Waals surface area contributed by atoms with Gasteiger partial charge in [0.15, 0.2) is 5.60 Å². The van der Waals surface area contributed by atoms with Crippen LogP contribution in [0.5, 0.6) is 5.75 Å². The van der Waals surface area contributed by atoms with Crippen molar-refractivity contribution < 1.29 is 29.0 Å². The predicted octanol–water partition coefficient (Wildman–Crippen LogP) is 7.93. The molecular formula is C46H54BrN3O6Si. The lowest BCUT2D eigenvalue weighted by Gasteiger charge is -2.37. The van der Waals surface area contributed by atoms with Crippen molar-refractivity contribution >= 4 is 58.3 Å². The number of methoxy groups -OCH3 is 1. The second-order valence-corrected chi connectivity index (χ2v) is 21.9. The largest absolute Gasteiger partial charge is 0.497 e. The molecule has 0 saturated carbocycles. The molecule has 0 aliphatic carbocycles. The van der Waals surface area contributed by atoms with E-state index in [9.17, 15) is 14.7 Å². The Bertz CT molecular complexity index is 2080. The molecule has 1 N–H and O–H groups in total. The van der Waals surface area contributed by atoms with Gasteiger partial charge in [0.2, 0.25) is 11.8 Å². The van der Waals surface area contributed by atoms with Crippen LogP contribution in [0.15, 0.2) is 102 Å². The average molecular weight is 853 g/mol. The van der Waals surface area contributed by atoms with Crippen molar-refractivity contribution in [2.75, 3.05) is 36.6 Å². The number of aliphatic hydroxyl groups excluding tert-OH is 1. The van der Waals surface area contributed by atoms with Gasteiger partial charge in [-0.25, -0.2) is 0 Å². The van der Waals surface area contributed by atoms with Crippen LogP contribution in [0.3, 0.4) is 0 Å². The van der Waals surface area contributed by atoms with E-state index in [2.05, 4.69) is 48.1 Å². The molecule has 2 saturated heterocycles. The maximum atomic E-state index is 15.4. The van der Waals surface area contributed by atoms with Crippen molar-refractivity contribution in [3.05, 3.63) is 118 Å². The van der Waals surface area contributed by atoms with Crippen LogP contribution in [0.4, 0.5) is 11.4 Å². The van der Waals surface area contributed by atoms with Crippen LogP contribution < -0.4 is 19.7 Å². The van der Waals surface area contributed by atoms with Crippen molar-refractivity contribution in [2.45, 2.75) is 88.9 Å². The summed E-state index contributed by atoms with van der Waals surface area (Å²) in [6.07, 6.45) is 4.09. The van der Waals surface area contributed by atoms with E-state index in [1.54, 1.807) is 12.0 Å². The standard InChI is InChI=1S/C46H54BrN3O6Si/c1-32-44(57(3,4)38-21-19-37(55-2)20-22-38)41(29-43(53)48(25-26-51)30-33-13-8-7-9-14-33)56-46(32)39-28-35(47)18-23-40(39)50(45(46)54)31-34-15-12-16-36(27-34)49-24-11-6-5-10-17-42(49)52/h7-9,12-16,18-23,27-28,32,41,44,51H,5-6,10-11,17,24-26,29-31H2,1-4H3/t32-,41+,44-,46+/m0/s1. The molecular weight excluding hydrogens is 799 g/mol. The van der Waals surface area contributed by atoms with E-state index in [1.807, 2.05) is 94.7 Å². The van der Waals surface area contributed by atoms with Crippen LogP contribution in [0.1, 0.15) is 62.1 Å². The molecule has 57 heavy (non-hydrogen) atoms. The summed E-state index contributed by atoms with van der Waals surface area (Å²) in [5.41, 5.74) is 2.84. The number of rotatable bonds is 12. The molecule has 3 aliphatic heterocycles. The molecule has 2 fully saturated rings. The third-order valence-electron chi connectivity index (χ3n) is 12.5. The quantitative estimate of drug-likeness (QED) is 0.146. The van der Waals surface area contributed by atoms with Gasteiger partial charge in [-0.15, -0.1) is 0 Å². The first-order chi connectivity index (χ1) is 27.5. The normalized spacial score (nSPS) is 22.4. The minimum atomic E-state index is -2.52. The van der Waals surface area contributed by atoms with E-state index < -0.39 is 19.8 Å². The molecule has 9 nitrogen and oxygen atoms in total. The van der Waals surface area contributed by atoms with Gasteiger partial charge in [-0.3, -0.25) is 14.4 Å². The van der Waals surface area contributed by atoms with Crippen LogP contribution in [-0.4, -0.2) is 68.7 Å². The van der Waals surface area contributed by atoms with Gasteiger partial charge in [0.1, 0.15) is 5.75 Å². The highest BCUT2D eigenvalue weighted by atomic mass is 79.9. The number of fused-ring (bicyclic) bond motifs is 2. The van der Waals surface area contributed by atoms with Gasteiger partial charge in [-0.2, -0.15) is 0 Å². The maximum Gasteiger partial charge on any atom is 0.264 e. The number of ether oxygens (including phenoxy) is 2. The molecule has 0 unspecified atom stereocenters. The highest BCUT2D eigenvalue weighted by molar-refractivity contribution is 9.10. The molecule has 1 spiro atoms. The first-order valence-electron chi connectivity index (χ1n) is 20.2. The number of benzene rings is 4. The van der Waals surface area contributed by atoms with E-state index in [0.717, 1.165) is 64.0 Å². The van der Waals surface area contributed by atoms with E-state index in [1.165, 1.54) is 5.19 Å². The first-order valence-corrected chi connectivity index (χ1v) is 24.1. The highest BCUT2D eigenvalue weighted by Gasteiger charge is 2.66. The Balaban J connectivity index is 1.26. The molecule has 4 aromatic carbocycles. The molecule has 11 heteroatoms. The van der Waals surface area contributed by atoms with Crippen molar-refractivity contribution in [3.63, 3.8) is 0 Å². The number of aliphatic hydroxyl groups is 1. The van der Waals surface area contributed by atoms with Crippen LogP contribution >= 0.6 is 15.9 Å². The van der Waals surface area contributed by atoms with E-state index >= 15 is 4.79 Å². The molecule has 0 radical (unpaired) electrons. The van der Waals surface area contributed by atoms with E-state index in [0.29, 0.717) is 26.1 Å². The molecule has 3 aliphatic rings. The molecule has 3 heterocycles. The lowest BCUT2D eigenvalue weighted by atomic mass is 9.82. The SMILES string of the molecule is COc1ccc([Si](C)(C)[C@@H]2[C@@H](CC(=O)N(CCO)Cc3ccccc3)O[C@]3(C(=O)N(Cc4cccc(N5CCCCCCC5=O)c4)c4ccc(Br)cc43)[C@H]2C)cc1. The highest BCUT2D eigenvalue weighted by Crippen LogP contribution is 2.60. The zero-order valence-electron chi connectivity index (χ0n) is 33.5. The zero-order valence-corrected chi connectivity index (χ0v) is 36.0. The summed E-state index contributed by atoms with van der Waals surface area (Å²) in [6.45, 7) is 8.12. The summed E-state index contributed by atoms with van der Waals surface area (Å²) < 4.78 is 13.6. The van der Waals surface area contributed by atoms with Crippen LogP contribution in [0.25, 0.3) is 0 Å². The Morgan fingerprint density at radius 1 is 0.947 bits per heavy atom. The lowest BCUT2D eigenvalue weighted by molar-refractivity contribution is -0.150. The second kappa shape index (κ2) is 17.3. The number of anilines is 2. The number of nitrogens with zero attached hydrogens (tertiary/aromatic N) is 3. The zero-order chi connectivity index (χ0) is 40.3.